The smallest absolute Gasteiger partial charge is 0.153 e. The molecule has 0 atom stereocenters. The number of hydrogen-bond donors (Lipinski definition) is 0. The van der Waals surface area contributed by atoms with Crippen molar-refractivity contribution >= 4 is 6.29 Å². The summed E-state index contributed by atoms with van der Waals surface area (Å²) >= 11 is 0. The zero-order valence-corrected chi connectivity index (χ0v) is 8.54. The van der Waals surface area contributed by atoms with E-state index in [9.17, 15) is 4.79 Å². The fourth-order valence-electron chi connectivity index (χ4n) is 1.27. The van der Waals surface area contributed by atoms with E-state index in [0.717, 1.165) is 12.0 Å². The van der Waals surface area contributed by atoms with Gasteiger partial charge in [0.25, 0.3) is 0 Å². The standard InChI is InChI=1S/C12H10N2O2/c15-8-10-3-1-2-4-12(10)16-9-11-7-13-5-6-14-11/h1-8H,9H2. The quantitative estimate of drug-likeness (QED) is 0.729. The van der Waals surface area contributed by atoms with E-state index >= 15 is 0 Å². The van der Waals surface area contributed by atoms with E-state index in [0.29, 0.717) is 17.9 Å². The third-order valence-electron chi connectivity index (χ3n) is 2.04. The van der Waals surface area contributed by atoms with Gasteiger partial charge in [-0.15, -0.1) is 0 Å². The first-order valence-electron chi connectivity index (χ1n) is 4.82. The number of aromatic nitrogens is 2. The highest BCUT2D eigenvalue weighted by Crippen LogP contribution is 2.16. The average molecular weight is 214 g/mol. The molecule has 1 aromatic carbocycles. The molecule has 0 aliphatic carbocycles. The van der Waals surface area contributed by atoms with Crippen molar-refractivity contribution in [3.63, 3.8) is 0 Å². The fourth-order valence-corrected chi connectivity index (χ4v) is 1.27. The van der Waals surface area contributed by atoms with E-state index < -0.39 is 0 Å². The number of hydrogen-bond acceptors (Lipinski definition) is 4. The summed E-state index contributed by atoms with van der Waals surface area (Å²) in [7, 11) is 0. The molecule has 0 aliphatic heterocycles. The van der Waals surface area contributed by atoms with Crippen LogP contribution in [-0.4, -0.2) is 16.3 Å². The second kappa shape index (κ2) is 5.02. The summed E-state index contributed by atoms with van der Waals surface area (Å²) in [6, 6.07) is 7.07. The summed E-state index contributed by atoms with van der Waals surface area (Å²) in [5.41, 5.74) is 1.26. The van der Waals surface area contributed by atoms with Crippen LogP contribution in [-0.2, 0) is 6.61 Å². The van der Waals surface area contributed by atoms with Gasteiger partial charge in [-0.1, -0.05) is 12.1 Å². The molecule has 0 radical (unpaired) electrons. The number of para-hydroxylation sites is 1. The van der Waals surface area contributed by atoms with Gasteiger partial charge in [0.15, 0.2) is 6.29 Å². The van der Waals surface area contributed by atoms with Crippen LogP contribution in [0.1, 0.15) is 16.1 Å². The predicted octanol–water partition coefficient (Wildman–Crippen LogP) is 1.87. The van der Waals surface area contributed by atoms with Crippen LogP contribution in [0, 0.1) is 0 Å². The molecular weight excluding hydrogens is 204 g/mol. The van der Waals surface area contributed by atoms with Crippen molar-refractivity contribution in [1.82, 2.24) is 9.97 Å². The fraction of sp³-hybridized carbons (Fsp3) is 0.0833. The summed E-state index contributed by atoms with van der Waals surface area (Å²) in [4.78, 5) is 18.7. The molecule has 16 heavy (non-hydrogen) atoms. The molecule has 2 rings (SSSR count). The molecule has 0 amide bonds. The van der Waals surface area contributed by atoms with Crippen molar-refractivity contribution in [2.24, 2.45) is 0 Å². The normalized spacial score (nSPS) is 9.75. The molecule has 1 aromatic heterocycles. The van der Waals surface area contributed by atoms with Crippen LogP contribution >= 0.6 is 0 Å². The number of carbonyl (C=O) groups is 1. The Morgan fingerprint density at radius 2 is 2.12 bits per heavy atom. The Labute approximate surface area is 92.9 Å². The molecule has 0 bridgehead atoms. The lowest BCUT2D eigenvalue weighted by molar-refractivity contribution is 0.111. The molecule has 0 spiro atoms. The molecule has 0 unspecified atom stereocenters. The monoisotopic (exact) mass is 214 g/mol. The first kappa shape index (κ1) is 10.3. The molecular formula is C12H10N2O2. The van der Waals surface area contributed by atoms with Gasteiger partial charge in [0, 0.05) is 12.4 Å². The van der Waals surface area contributed by atoms with E-state index in [4.69, 9.17) is 4.74 Å². The minimum atomic E-state index is 0.304. The molecule has 0 fully saturated rings. The van der Waals surface area contributed by atoms with E-state index in [1.807, 2.05) is 6.07 Å². The van der Waals surface area contributed by atoms with E-state index in [1.165, 1.54) is 0 Å². The summed E-state index contributed by atoms with van der Waals surface area (Å²) in [5.74, 6) is 0.558. The highest BCUT2D eigenvalue weighted by molar-refractivity contribution is 5.79. The van der Waals surface area contributed by atoms with E-state index in [1.54, 1.807) is 36.8 Å². The number of nitrogens with zero attached hydrogens (tertiary/aromatic N) is 2. The van der Waals surface area contributed by atoms with E-state index in [2.05, 4.69) is 9.97 Å². The van der Waals surface area contributed by atoms with Crippen LogP contribution in [0.3, 0.4) is 0 Å². The van der Waals surface area contributed by atoms with Crippen molar-refractivity contribution in [1.29, 1.82) is 0 Å². The number of carbonyl (C=O) groups excluding carboxylic acids is 1. The lowest BCUT2D eigenvalue weighted by atomic mass is 10.2. The van der Waals surface area contributed by atoms with Gasteiger partial charge >= 0.3 is 0 Å². The summed E-state index contributed by atoms with van der Waals surface area (Å²) in [5, 5.41) is 0. The molecule has 4 nitrogen and oxygen atoms in total. The SMILES string of the molecule is O=Cc1ccccc1OCc1cnccn1. The van der Waals surface area contributed by atoms with Crippen LogP contribution < -0.4 is 4.74 Å². The molecule has 0 N–H and O–H groups in total. The van der Waals surface area contributed by atoms with Crippen LogP contribution in [0.15, 0.2) is 42.9 Å². The van der Waals surface area contributed by atoms with Gasteiger partial charge in [-0.05, 0) is 12.1 Å². The second-order valence-electron chi connectivity index (χ2n) is 3.14. The molecule has 1 heterocycles. The number of ether oxygens (including phenoxy) is 1. The minimum Gasteiger partial charge on any atom is -0.486 e. The Morgan fingerprint density at radius 1 is 1.25 bits per heavy atom. The zero-order chi connectivity index (χ0) is 11.2. The third-order valence-corrected chi connectivity index (χ3v) is 2.04. The van der Waals surface area contributed by atoms with Gasteiger partial charge in [0.1, 0.15) is 12.4 Å². The molecule has 2 aromatic rings. The van der Waals surface area contributed by atoms with Crippen LogP contribution in [0.2, 0.25) is 0 Å². The topological polar surface area (TPSA) is 52.1 Å². The molecule has 80 valence electrons. The van der Waals surface area contributed by atoms with Crippen molar-refractivity contribution < 1.29 is 9.53 Å². The molecule has 0 saturated heterocycles. The molecule has 0 aliphatic rings. The Bertz CT molecular complexity index is 471. The summed E-state index contributed by atoms with van der Waals surface area (Å²) in [6.45, 7) is 0.304. The highest BCUT2D eigenvalue weighted by Gasteiger charge is 2.02. The number of aldehydes is 1. The lowest BCUT2D eigenvalue weighted by Crippen LogP contribution is -2.00. The Balaban J connectivity index is 2.08. The van der Waals surface area contributed by atoms with Crippen molar-refractivity contribution in [2.75, 3.05) is 0 Å². The van der Waals surface area contributed by atoms with Gasteiger partial charge in [-0.3, -0.25) is 14.8 Å². The maximum absolute atomic E-state index is 10.7. The first-order valence-corrected chi connectivity index (χ1v) is 4.82. The summed E-state index contributed by atoms with van der Waals surface area (Å²) < 4.78 is 5.48. The highest BCUT2D eigenvalue weighted by atomic mass is 16.5. The van der Waals surface area contributed by atoms with Gasteiger partial charge in [0.2, 0.25) is 0 Å². The van der Waals surface area contributed by atoms with Gasteiger partial charge in [-0.2, -0.15) is 0 Å². The second-order valence-corrected chi connectivity index (χ2v) is 3.14. The van der Waals surface area contributed by atoms with Crippen molar-refractivity contribution in [2.45, 2.75) is 6.61 Å². The largest absolute Gasteiger partial charge is 0.486 e. The van der Waals surface area contributed by atoms with Crippen molar-refractivity contribution in [3.05, 3.63) is 54.1 Å². The summed E-state index contributed by atoms with van der Waals surface area (Å²) in [6.07, 6.45) is 5.60. The van der Waals surface area contributed by atoms with Gasteiger partial charge < -0.3 is 4.74 Å². The molecule has 0 saturated carbocycles. The average Bonchev–Trinajstić information content (AvgIpc) is 2.38. The van der Waals surface area contributed by atoms with Crippen LogP contribution in [0.4, 0.5) is 0 Å². The Kier molecular flexibility index (Phi) is 3.23. The van der Waals surface area contributed by atoms with Gasteiger partial charge in [-0.25, -0.2) is 0 Å². The van der Waals surface area contributed by atoms with Crippen LogP contribution in [0.5, 0.6) is 5.75 Å². The van der Waals surface area contributed by atoms with Gasteiger partial charge in [0.05, 0.1) is 17.5 Å². The lowest BCUT2D eigenvalue weighted by Gasteiger charge is -2.06. The first-order chi connectivity index (χ1) is 7.90. The predicted molar refractivity (Wildman–Crippen MR) is 58.2 cm³/mol. The number of benzene rings is 1. The molecule has 4 heteroatoms. The minimum absolute atomic E-state index is 0.304. The Morgan fingerprint density at radius 3 is 2.88 bits per heavy atom. The Hall–Kier alpha value is -2.23. The maximum Gasteiger partial charge on any atom is 0.153 e. The van der Waals surface area contributed by atoms with E-state index in [-0.39, 0.29) is 0 Å². The zero-order valence-electron chi connectivity index (χ0n) is 8.54. The van der Waals surface area contributed by atoms with Crippen molar-refractivity contribution in [3.8, 4) is 5.75 Å². The third kappa shape index (κ3) is 2.42. The number of rotatable bonds is 4. The maximum atomic E-state index is 10.7. The van der Waals surface area contributed by atoms with Crippen LogP contribution in [0.25, 0.3) is 0 Å².